The molecule has 2 fully saturated rings. The van der Waals surface area contributed by atoms with Crippen molar-refractivity contribution in [1.29, 1.82) is 0 Å². The first kappa shape index (κ1) is 24.3. The number of ether oxygens (including phenoxy) is 1. The summed E-state index contributed by atoms with van der Waals surface area (Å²) in [6.45, 7) is 3.23. The van der Waals surface area contributed by atoms with Crippen molar-refractivity contribution in [2.75, 3.05) is 13.7 Å². The minimum absolute atomic E-state index is 0.000890. The topological polar surface area (TPSA) is 115 Å². The van der Waals surface area contributed by atoms with Crippen molar-refractivity contribution >= 4 is 34.1 Å². The third kappa shape index (κ3) is 4.23. The Balaban J connectivity index is 1.42. The highest BCUT2D eigenvalue weighted by atomic mass is 16.5. The lowest BCUT2D eigenvalue weighted by molar-refractivity contribution is 0.0589. The van der Waals surface area contributed by atoms with Crippen LogP contribution in [0.1, 0.15) is 43.0 Å². The fraction of sp³-hybridized carbons (Fsp3) is 0.429. The van der Waals surface area contributed by atoms with E-state index in [1.54, 1.807) is 18.1 Å². The molecule has 3 aromatic heterocycles. The maximum atomic E-state index is 13.7. The van der Waals surface area contributed by atoms with Gasteiger partial charge in [0.2, 0.25) is 0 Å². The number of rotatable bonds is 6. The fourth-order valence-electron chi connectivity index (χ4n) is 5.68. The molecule has 4 heterocycles. The summed E-state index contributed by atoms with van der Waals surface area (Å²) in [4.78, 5) is 36.2. The lowest BCUT2D eigenvalue weighted by atomic mass is 9.98. The summed E-state index contributed by atoms with van der Waals surface area (Å²) in [5.41, 5.74) is 3.90. The van der Waals surface area contributed by atoms with Crippen LogP contribution in [0, 0.1) is 5.92 Å². The molecule has 2 amide bonds. The number of benzene rings is 1. The lowest BCUT2D eigenvalue weighted by Crippen LogP contribution is -2.52. The van der Waals surface area contributed by atoms with Crippen LogP contribution in [0.5, 0.6) is 5.75 Å². The standard InChI is InChI=1S/C28H32N6O4/c1-16-6-9-20(30-28(36)37)15-33(16)27(35)19-11-21-24(23(13-19)38-3)32(2)26(31-21)22-12-18-5-4-10-29-25(18)34(22)14-17-7-8-17/h4-5,10-13,16-17,20,30H,6-9,14-15H2,1-3H3,(H,36,37). The van der Waals surface area contributed by atoms with E-state index in [0.29, 0.717) is 35.7 Å². The lowest BCUT2D eigenvalue weighted by Gasteiger charge is -2.38. The van der Waals surface area contributed by atoms with Crippen LogP contribution in [0.3, 0.4) is 0 Å². The van der Waals surface area contributed by atoms with Crippen LogP contribution < -0.4 is 10.1 Å². The predicted molar refractivity (Wildman–Crippen MR) is 143 cm³/mol. The minimum atomic E-state index is -1.07. The summed E-state index contributed by atoms with van der Waals surface area (Å²) >= 11 is 0. The third-order valence-corrected chi connectivity index (χ3v) is 7.89. The van der Waals surface area contributed by atoms with Crippen LogP contribution >= 0.6 is 0 Å². The van der Waals surface area contributed by atoms with Crippen LogP contribution in [0.15, 0.2) is 36.5 Å². The van der Waals surface area contributed by atoms with Crippen molar-refractivity contribution in [3.8, 4) is 17.3 Å². The maximum absolute atomic E-state index is 13.7. The molecule has 10 heteroatoms. The highest BCUT2D eigenvalue weighted by molar-refractivity contribution is 6.00. The smallest absolute Gasteiger partial charge is 0.404 e. The normalized spacial score (nSPS) is 19.7. The van der Waals surface area contributed by atoms with Gasteiger partial charge in [-0.05, 0) is 68.9 Å². The molecular formula is C28H32N6O4. The number of carboxylic acid groups (broad SMARTS) is 1. The van der Waals surface area contributed by atoms with Gasteiger partial charge in [0, 0.05) is 49.4 Å². The maximum Gasteiger partial charge on any atom is 0.404 e. The number of aromatic nitrogens is 4. The van der Waals surface area contributed by atoms with Crippen LogP contribution in [-0.2, 0) is 13.6 Å². The van der Waals surface area contributed by atoms with Crippen LogP contribution in [0.25, 0.3) is 33.6 Å². The van der Waals surface area contributed by atoms with E-state index in [4.69, 9.17) is 14.8 Å². The van der Waals surface area contributed by atoms with Gasteiger partial charge in [0.25, 0.3) is 5.91 Å². The number of pyridine rings is 1. The number of likely N-dealkylation sites (tertiary alicyclic amines) is 1. The van der Waals surface area contributed by atoms with Crippen LogP contribution in [0.2, 0.25) is 0 Å². The Kier molecular flexibility index (Phi) is 5.97. The summed E-state index contributed by atoms with van der Waals surface area (Å²) in [5.74, 6) is 1.86. The molecule has 198 valence electrons. The van der Waals surface area contributed by atoms with Crippen molar-refractivity contribution in [3.63, 3.8) is 0 Å². The molecule has 0 radical (unpaired) electrons. The molecule has 0 spiro atoms. The second-order valence-electron chi connectivity index (χ2n) is 10.6. The van der Waals surface area contributed by atoms with E-state index in [1.165, 1.54) is 12.8 Å². The van der Waals surface area contributed by atoms with Gasteiger partial charge in [-0.1, -0.05) is 0 Å². The molecule has 1 saturated carbocycles. The van der Waals surface area contributed by atoms with E-state index in [9.17, 15) is 9.59 Å². The Hall–Kier alpha value is -4.08. The fourth-order valence-corrected chi connectivity index (χ4v) is 5.68. The number of aryl methyl sites for hydroxylation is 1. The second kappa shape index (κ2) is 9.34. The molecule has 10 nitrogen and oxygen atoms in total. The predicted octanol–water partition coefficient (Wildman–Crippen LogP) is 4.27. The molecule has 0 bridgehead atoms. The summed E-state index contributed by atoms with van der Waals surface area (Å²) < 4.78 is 10.0. The Morgan fingerprint density at radius 3 is 2.74 bits per heavy atom. The highest BCUT2D eigenvalue weighted by Gasteiger charge is 2.32. The first-order valence-corrected chi connectivity index (χ1v) is 13.1. The summed E-state index contributed by atoms with van der Waals surface area (Å²) in [5, 5.41) is 12.8. The molecule has 2 N–H and O–H groups in total. The van der Waals surface area contributed by atoms with Crippen molar-refractivity contribution in [2.45, 2.75) is 51.2 Å². The van der Waals surface area contributed by atoms with Gasteiger partial charge in [-0.2, -0.15) is 0 Å². The molecule has 4 aromatic rings. The van der Waals surface area contributed by atoms with Crippen LogP contribution in [0.4, 0.5) is 4.79 Å². The van der Waals surface area contributed by atoms with E-state index >= 15 is 0 Å². The van der Waals surface area contributed by atoms with E-state index < -0.39 is 6.09 Å². The number of nitrogens with one attached hydrogen (secondary N) is 1. The number of carbonyl (C=O) groups excluding carboxylic acids is 1. The summed E-state index contributed by atoms with van der Waals surface area (Å²) in [7, 11) is 3.57. The Bertz CT molecular complexity index is 1550. The number of nitrogens with zero attached hydrogens (tertiary/aromatic N) is 5. The number of fused-ring (bicyclic) bond motifs is 2. The largest absolute Gasteiger partial charge is 0.494 e. The zero-order chi connectivity index (χ0) is 26.6. The SMILES string of the molecule is COc1cc(C(=O)N2CC(NC(=O)O)CCC2C)cc2nc(-c3cc4cccnc4n3CC3CC3)n(C)c12. The average molecular weight is 517 g/mol. The minimum Gasteiger partial charge on any atom is -0.494 e. The first-order valence-electron chi connectivity index (χ1n) is 13.1. The molecular weight excluding hydrogens is 484 g/mol. The molecule has 2 atom stereocenters. The van der Waals surface area contributed by atoms with E-state index in [0.717, 1.165) is 41.0 Å². The number of imidazole rings is 1. The van der Waals surface area contributed by atoms with Gasteiger partial charge in [-0.3, -0.25) is 4.79 Å². The van der Waals surface area contributed by atoms with Gasteiger partial charge >= 0.3 is 6.09 Å². The van der Waals surface area contributed by atoms with E-state index in [1.807, 2.05) is 36.9 Å². The number of amides is 2. The molecule has 38 heavy (non-hydrogen) atoms. The Morgan fingerprint density at radius 2 is 2.00 bits per heavy atom. The zero-order valence-corrected chi connectivity index (χ0v) is 21.8. The third-order valence-electron chi connectivity index (χ3n) is 7.89. The zero-order valence-electron chi connectivity index (χ0n) is 21.8. The van der Waals surface area contributed by atoms with Crippen molar-refractivity contribution in [3.05, 3.63) is 42.1 Å². The highest BCUT2D eigenvalue weighted by Crippen LogP contribution is 2.37. The van der Waals surface area contributed by atoms with Crippen molar-refractivity contribution in [1.82, 2.24) is 29.3 Å². The molecule has 2 unspecified atom stereocenters. The van der Waals surface area contributed by atoms with Gasteiger partial charge in [0.05, 0.1) is 18.3 Å². The molecule has 1 saturated heterocycles. The molecule has 6 rings (SSSR count). The Morgan fingerprint density at radius 1 is 1.18 bits per heavy atom. The van der Waals surface area contributed by atoms with Gasteiger partial charge in [0.1, 0.15) is 16.9 Å². The average Bonchev–Trinajstić information content (AvgIpc) is 3.57. The van der Waals surface area contributed by atoms with Crippen molar-refractivity contribution in [2.24, 2.45) is 13.0 Å². The molecule has 1 aliphatic heterocycles. The summed E-state index contributed by atoms with van der Waals surface area (Å²) in [6, 6.07) is 9.44. The number of carbonyl (C=O) groups is 2. The van der Waals surface area contributed by atoms with Gasteiger partial charge in [0.15, 0.2) is 5.82 Å². The number of methoxy groups -OCH3 is 1. The molecule has 1 aliphatic carbocycles. The number of piperidine rings is 1. The quantitative estimate of drug-likeness (QED) is 0.396. The van der Waals surface area contributed by atoms with E-state index in [2.05, 4.69) is 27.0 Å². The van der Waals surface area contributed by atoms with Gasteiger partial charge in [-0.15, -0.1) is 0 Å². The Labute approximate surface area is 220 Å². The van der Waals surface area contributed by atoms with Gasteiger partial charge < -0.3 is 29.2 Å². The van der Waals surface area contributed by atoms with Gasteiger partial charge in [-0.25, -0.2) is 14.8 Å². The van der Waals surface area contributed by atoms with E-state index in [-0.39, 0.29) is 18.0 Å². The summed E-state index contributed by atoms with van der Waals surface area (Å²) in [6.07, 6.45) is 4.63. The monoisotopic (exact) mass is 516 g/mol. The van der Waals surface area contributed by atoms with Crippen LogP contribution in [-0.4, -0.2) is 66.8 Å². The first-order chi connectivity index (χ1) is 18.3. The number of hydrogen-bond acceptors (Lipinski definition) is 5. The van der Waals surface area contributed by atoms with Crippen molar-refractivity contribution < 1.29 is 19.4 Å². The molecule has 1 aromatic carbocycles. The second-order valence-corrected chi connectivity index (χ2v) is 10.6. The number of hydrogen-bond donors (Lipinski definition) is 2. The molecule has 2 aliphatic rings.